The maximum absolute atomic E-state index is 12.8. The van der Waals surface area contributed by atoms with Crippen molar-refractivity contribution in [3.8, 4) is 11.8 Å². The third kappa shape index (κ3) is 3.93. The van der Waals surface area contributed by atoms with Crippen LogP contribution in [-0.2, 0) is 9.59 Å². The molecule has 0 saturated carbocycles. The molecule has 0 atom stereocenters. The van der Waals surface area contributed by atoms with Crippen molar-refractivity contribution in [2.45, 2.75) is 32.8 Å². The molecule has 3 rings (SSSR count). The first-order chi connectivity index (χ1) is 12.8. The van der Waals surface area contributed by atoms with Gasteiger partial charge in [-0.25, -0.2) is 0 Å². The average molecular weight is 363 g/mol. The lowest BCUT2D eigenvalue weighted by Gasteiger charge is -2.38. The monoisotopic (exact) mass is 363 g/mol. The second-order valence-corrected chi connectivity index (χ2v) is 7.03. The fraction of sp³-hybridized carbons (Fsp3) is 0.286. The zero-order valence-electron chi connectivity index (χ0n) is 15.6. The number of ether oxygens (including phenoxy) is 1. The van der Waals surface area contributed by atoms with Crippen molar-refractivity contribution in [3.05, 3.63) is 53.6 Å². The van der Waals surface area contributed by atoms with E-state index in [1.54, 1.807) is 43.0 Å². The van der Waals surface area contributed by atoms with Gasteiger partial charge in [0.2, 0.25) is 5.91 Å². The molecule has 0 saturated heterocycles. The summed E-state index contributed by atoms with van der Waals surface area (Å²) in [6, 6.07) is 14.4. The van der Waals surface area contributed by atoms with Gasteiger partial charge in [0.05, 0.1) is 17.3 Å². The van der Waals surface area contributed by atoms with E-state index < -0.39 is 5.60 Å². The van der Waals surface area contributed by atoms with Gasteiger partial charge in [0.1, 0.15) is 5.75 Å². The molecule has 0 aliphatic carbocycles. The number of rotatable bonds is 4. The Morgan fingerprint density at radius 3 is 2.78 bits per heavy atom. The quantitative estimate of drug-likeness (QED) is 0.902. The first kappa shape index (κ1) is 18.5. The Morgan fingerprint density at radius 1 is 1.26 bits per heavy atom. The van der Waals surface area contributed by atoms with Crippen molar-refractivity contribution in [2.24, 2.45) is 0 Å². The maximum Gasteiger partial charge on any atom is 0.270 e. The molecule has 6 heteroatoms. The minimum atomic E-state index is -0.986. The summed E-state index contributed by atoms with van der Waals surface area (Å²) in [7, 11) is 0. The standard InChI is InChI=1S/C21H21N3O3/c1-14-7-8-18-17(11-14)24(20(26)21(2,3)27-18)10-9-19(25)23-16-6-4-5-15(12-16)13-22/h4-8,11-12H,9-10H2,1-3H3,(H,23,25). The minimum Gasteiger partial charge on any atom is -0.476 e. The summed E-state index contributed by atoms with van der Waals surface area (Å²) in [6.45, 7) is 5.63. The van der Waals surface area contributed by atoms with E-state index in [0.29, 0.717) is 22.7 Å². The van der Waals surface area contributed by atoms with Crippen molar-refractivity contribution in [3.63, 3.8) is 0 Å². The Balaban J connectivity index is 1.74. The molecule has 2 aromatic rings. The highest BCUT2D eigenvalue weighted by atomic mass is 16.5. The van der Waals surface area contributed by atoms with Crippen LogP contribution in [-0.4, -0.2) is 24.0 Å². The number of carbonyl (C=O) groups excluding carboxylic acids is 2. The fourth-order valence-corrected chi connectivity index (χ4v) is 3.00. The highest BCUT2D eigenvalue weighted by Gasteiger charge is 2.40. The molecule has 6 nitrogen and oxygen atoms in total. The van der Waals surface area contributed by atoms with Crippen molar-refractivity contribution in [1.29, 1.82) is 5.26 Å². The molecule has 0 aromatic heterocycles. The molecule has 1 aliphatic rings. The Morgan fingerprint density at radius 2 is 2.04 bits per heavy atom. The summed E-state index contributed by atoms with van der Waals surface area (Å²) in [5.74, 6) is 0.226. The van der Waals surface area contributed by atoms with Gasteiger partial charge in [-0.05, 0) is 56.7 Å². The van der Waals surface area contributed by atoms with Gasteiger partial charge in [-0.1, -0.05) is 12.1 Å². The second-order valence-electron chi connectivity index (χ2n) is 7.03. The third-order valence-corrected chi connectivity index (χ3v) is 4.37. The van der Waals surface area contributed by atoms with Crippen molar-refractivity contribution in [2.75, 3.05) is 16.8 Å². The number of amides is 2. The highest BCUT2D eigenvalue weighted by Crippen LogP contribution is 2.38. The van der Waals surface area contributed by atoms with E-state index in [9.17, 15) is 9.59 Å². The molecule has 2 aromatic carbocycles. The number of anilines is 2. The third-order valence-electron chi connectivity index (χ3n) is 4.37. The van der Waals surface area contributed by atoms with Gasteiger partial charge in [0.15, 0.2) is 5.60 Å². The van der Waals surface area contributed by atoms with Gasteiger partial charge >= 0.3 is 0 Å². The smallest absolute Gasteiger partial charge is 0.270 e. The molecular formula is C21H21N3O3. The van der Waals surface area contributed by atoms with E-state index in [0.717, 1.165) is 5.56 Å². The first-order valence-corrected chi connectivity index (χ1v) is 8.72. The zero-order chi connectivity index (χ0) is 19.6. The fourth-order valence-electron chi connectivity index (χ4n) is 3.00. The number of nitrogens with one attached hydrogen (secondary N) is 1. The van der Waals surface area contributed by atoms with Crippen molar-refractivity contribution in [1.82, 2.24) is 0 Å². The molecule has 138 valence electrons. The molecule has 0 fully saturated rings. The Labute approximate surface area is 158 Å². The number of fused-ring (bicyclic) bond motifs is 1. The van der Waals surface area contributed by atoms with Crippen LogP contribution in [0.5, 0.6) is 5.75 Å². The predicted molar refractivity (Wildman–Crippen MR) is 103 cm³/mol. The summed E-state index contributed by atoms with van der Waals surface area (Å²) in [5.41, 5.74) is 1.73. The average Bonchev–Trinajstić information content (AvgIpc) is 2.63. The van der Waals surface area contributed by atoms with Gasteiger partial charge in [0, 0.05) is 18.7 Å². The zero-order valence-corrected chi connectivity index (χ0v) is 15.6. The van der Waals surface area contributed by atoms with Crippen molar-refractivity contribution < 1.29 is 14.3 Å². The van der Waals surface area contributed by atoms with Crippen LogP contribution in [0, 0.1) is 18.3 Å². The summed E-state index contributed by atoms with van der Waals surface area (Å²) < 4.78 is 5.82. The van der Waals surface area contributed by atoms with Gasteiger partial charge in [0.25, 0.3) is 5.91 Å². The van der Waals surface area contributed by atoms with E-state index in [4.69, 9.17) is 10.00 Å². The SMILES string of the molecule is Cc1ccc2c(c1)N(CCC(=O)Nc1cccc(C#N)c1)C(=O)C(C)(C)O2. The second kappa shape index (κ2) is 7.12. The minimum absolute atomic E-state index is 0.131. The van der Waals surface area contributed by atoms with Crippen LogP contribution in [0.2, 0.25) is 0 Å². The molecule has 1 aliphatic heterocycles. The van der Waals surface area contributed by atoms with Crippen LogP contribution in [0.4, 0.5) is 11.4 Å². The van der Waals surface area contributed by atoms with E-state index in [-0.39, 0.29) is 24.8 Å². The Kier molecular flexibility index (Phi) is 4.87. The summed E-state index contributed by atoms with van der Waals surface area (Å²) >= 11 is 0. The molecule has 0 unspecified atom stereocenters. The van der Waals surface area contributed by atoms with Gasteiger partial charge in [-0.15, -0.1) is 0 Å². The summed E-state index contributed by atoms with van der Waals surface area (Å²) in [4.78, 5) is 26.8. The van der Waals surface area contributed by atoms with E-state index in [1.165, 1.54) is 0 Å². The highest BCUT2D eigenvalue weighted by molar-refractivity contribution is 6.03. The molecule has 0 radical (unpaired) electrons. The molecular weight excluding hydrogens is 342 g/mol. The molecule has 0 bridgehead atoms. The molecule has 0 spiro atoms. The van der Waals surface area contributed by atoms with Gasteiger partial charge < -0.3 is 15.0 Å². The van der Waals surface area contributed by atoms with E-state index in [1.807, 2.05) is 31.2 Å². The molecule has 2 amide bonds. The lowest BCUT2D eigenvalue weighted by atomic mass is 10.0. The largest absolute Gasteiger partial charge is 0.476 e. The Bertz CT molecular complexity index is 944. The molecule has 1 heterocycles. The topological polar surface area (TPSA) is 82.4 Å². The number of hydrogen-bond acceptors (Lipinski definition) is 4. The van der Waals surface area contributed by atoms with Gasteiger partial charge in [-0.2, -0.15) is 5.26 Å². The lowest BCUT2D eigenvalue weighted by molar-refractivity contribution is -0.132. The molecule has 1 N–H and O–H groups in total. The van der Waals surface area contributed by atoms with E-state index in [2.05, 4.69) is 5.32 Å². The molecule has 27 heavy (non-hydrogen) atoms. The number of carbonyl (C=O) groups is 2. The van der Waals surface area contributed by atoms with Crippen LogP contribution in [0.1, 0.15) is 31.4 Å². The van der Waals surface area contributed by atoms with Crippen LogP contribution >= 0.6 is 0 Å². The summed E-state index contributed by atoms with van der Waals surface area (Å²) in [5, 5.41) is 11.7. The predicted octanol–water partition coefficient (Wildman–Crippen LogP) is 3.40. The van der Waals surface area contributed by atoms with Crippen molar-refractivity contribution >= 4 is 23.2 Å². The number of hydrogen-bond donors (Lipinski definition) is 1. The summed E-state index contributed by atoms with van der Waals surface area (Å²) in [6.07, 6.45) is 0.131. The normalized spacial score (nSPS) is 14.7. The van der Waals surface area contributed by atoms with Crippen LogP contribution < -0.4 is 15.0 Å². The number of nitriles is 1. The van der Waals surface area contributed by atoms with E-state index >= 15 is 0 Å². The van der Waals surface area contributed by atoms with Crippen LogP contribution in [0.3, 0.4) is 0 Å². The van der Waals surface area contributed by atoms with Crippen LogP contribution in [0.15, 0.2) is 42.5 Å². The van der Waals surface area contributed by atoms with Crippen LogP contribution in [0.25, 0.3) is 0 Å². The Hall–Kier alpha value is -3.33. The lowest BCUT2D eigenvalue weighted by Crippen LogP contribution is -2.53. The van der Waals surface area contributed by atoms with Gasteiger partial charge in [-0.3, -0.25) is 9.59 Å². The number of benzene rings is 2. The number of aryl methyl sites for hydroxylation is 1. The number of nitrogens with zero attached hydrogens (tertiary/aromatic N) is 2. The first-order valence-electron chi connectivity index (χ1n) is 8.72. The maximum atomic E-state index is 12.8.